The summed E-state index contributed by atoms with van der Waals surface area (Å²) in [5.74, 6) is 1.04. The Balaban J connectivity index is 2.48. The molecule has 0 saturated carbocycles. The summed E-state index contributed by atoms with van der Waals surface area (Å²) in [6.07, 6.45) is 0. The average molecular weight is 277 g/mol. The molecular weight excluding hydrogens is 262 g/mol. The molecule has 1 amide bonds. The van der Waals surface area contributed by atoms with E-state index in [0.29, 0.717) is 6.54 Å². The highest BCUT2D eigenvalue weighted by Gasteiger charge is 2.16. The SMILES string of the molecule is CCNC(=O)[C@@H](C)Sc1nnc(SCC)s1. The molecule has 0 aliphatic heterocycles. The van der Waals surface area contributed by atoms with Crippen LogP contribution in [0.4, 0.5) is 0 Å². The molecule has 4 nitrogen and oxygen atoms in total. The molecule has 0 saturated heterocycles. The molecule has 1 atom stereocenters. The Kier molecular flexibility index (Phi) is 6.15. The maximum Gasteiger partial charge on any atom is 0.233 e. The van der Waals surface area contributed by atoms with Crippen LogP contribution in [0.1, 0.15) is 20.8 Å². The van der Waals surface area contributed by atoms with Gasteiger partial charge in [-0.25, -0.2) is 0 Å². The number of nitrogens with zero attached hydrogens (tertiary/aromatic N) is 2. The zero-order chi connectivity index (χ0) is 12.0. The maximum absolute atomic E-state index is 11.5. The molecule has 0 radical (unpaired) electrons. The van der Waals surface area contributed by atoms with E-state index >= 15 is 0 Å². The van der Waals surface area contributed by atoms with Crippen molar-refractivity contribution in [1.29, 1.82) is 0 Å². The Labute approximate surface area is 108 Å². The standard InChI is InChI=1S/C9H15N3OS3/c1-4-10-7(13)6(3)15-9-12-11-8(16-9)14-5-2/h6H,4-5H2,1-3H3,(H,10,13)/t6-/m1/s1. The summed E-state index contributed by atoms with van der Waals surface area (Å²) in [5, 5.41) is 10.8. The van der Waals surface area contributed by atoms with Gasteiger partial charge < -0.3 is 5.32 Å². The summed E-state index contributed by atoms with van der Waals surface area (Å²) in [7, 11) is 0. The summed E-state index contributed by atoms with van der Waals surface area (Å²) in [6.45, 7) is 6.53. The highest BCUT2D eigenvalue weighted by atomic mass is 32.2. The molecule has 0 fully saturated rings. The smallest absolute Gasteiger partial charge is 0.233 e. The molecule has 1 aromatic rings. The molecular formula is C9H15N3OS3. The quantitative estimate of drug-likeness (QED) is 0.808. The number of rotatable bonds is 6. The van der Waals surface area contributed by atoms with E-state index in [1.807, 2.05) is 13.8 Å². The normalized spacial score (nSPS) is 12.4. The Morgan fingerprint density at radius 1 is 1.44 bits per heavy atom. The van der Waals surface area contributed by atoms with Crippen molar-refractivity contribution in [2.24, 2.45) is 0 Å². The number of aromatic nitrogens is 2. The summed E-state index contributed by atoms with van der Waals surface area (Å²) in [6, 6.07) is 0. The number of hydrogen-bond donors (Lipinski definition) is 1. The van der Waals surface area contributed by atoms with Crippen molar-refractivity contribution < 1.29 is 4.79 Å². The topological polar surface area (TPSA) is 54.9 Å². The minimum absolute atomic E-state index is 0.0485. The third-order valence-electron chi connectivity index (χ3n) is 1.65. The zero-order valence-electron chi connectivity index (χ0n) is 9.52. The first kappa shape index (κ1) is 13.8. The minimum Gasteiger partial charge on any atom is -0.355 e. The van der Waals surface area contributed by atoms with Crippen LogP contribution < -0.4 is 5.32 Å². The molecule has 1 aromatic heterocycles. The second kappa shape index (κ2) is 7.13. The number of nitrogens with one attached hydrogen (secondary N) is 1. The van der Waals surface area contributed by atoms with Crippen molar-refractivity contribution in [2.75, 3.05) is 12.3 Å². The number of amides is 1. The lowest BCUT2D eigenvalue weighted by Crippen LogP contribution is -2.30. The van der Waals surface area contributed by atoms with Gasteiger partial charge in [-0.1, -0.05) is 41.8 Å². The molecule has 1 heterocycles. The highest BCUT2D eigenvalue weighted by molar-refractivity contribution is 8.03. The van der Waals surface area contributed by atoms with Crippen molar-refractivity contribution in [3.63, 3.8) is 0 Å². The Morgan fingerprint density at radius 3 is 2.75 bits per heavy atom. The molecule has 90 valence electrons. The first-order valence-corrected chi connectivity index (χ1v) is 7.76. The molecule has 1 rings (SSSR count). The van der Waals surface area contributed by atoms with Gasteiger partial charge in [-0.2, -0.15) is 0 Å². The maximum atomic E-state index is 11.5. The van der Waals surface area contributed by atoms with Gasteiger partial charge in [0.1, 0.15) is 0 Å². The van der Waals surface area contributed by atoms with E-state index in [2.05, 4.69) is 22.4 Å². The first-order valence-electron chi connectivity index (χ1n) is 5.08. The van der Waals surface area contributed by atoms with Crippen LogP contribution in [0.2, 0.25) is 0 Å². The van der Waals surface area contributed by atoms with Gasteiger partial charge in [0.15, 0.2) is 8.68 Å². The second-order valence-corrected chi connectivity index (χ2v) is 7.00. The fourth-order valence-corrected chi connectivity index (χ4v) is 4.03. The van der Waals surface area contributed by atoms with Crippen molar-refractivity contribution in [3.8, 4) is 0 Å². The third kappa shape index (κ3) is 4.31. The summed E-state index contributed by atoms with van der Waals surface area (Å²) in [5.41, 5.74) is 0. The van der Waals surface area contributed by atoms with Crippen LogP contribution >= 0.6 is 34.9 Å². The van der Waals surface area contributed by atoms with Crippen LogP contribution in [-0.4, -0.2) is 33.7 Å². The number of carbonyl (C=O) groups is 1. The lowest BCUT2D eigenvalue weighted by Gasteiger charge is -2.07. The van der Waals surface area contributed by atoms with Gasteiger partial charge in [0.2, 0.25) is 5.91 Å². The zero-order valence-corrected chi connectivity index (χ0v) is 12.0. The molecule has 0 aliphatic carbocycles. The van der Waals surface area contributed by atoms with Gasteiger partial charge in [0.25, 0.3) is 0 Å². The molecule has 7 heteroatoms. The van der Waals surface area contributed by atoms with Gasteiger partial charge in [0, 0.05) is 6.54 Å². The lowest BCUT2D eigenvalue weighted by atomic mass is 10.4. The van der Waals surface area contributed by atoms with Crippen LogP contribution in [0.3, 0.4) is 0 Å². The molecule has 0 aromatic carbocycles. The van der Waals surface area contributed by atoms with Crippen LogP contribution in [-0.2, 0) is 4.79 Å². The lowest BCUT2D eigenvalue weighted by molar-refractivity contribution is -0.120. The van der Waals surface area contributed by atoms with Gasteiger partial charge >= 0.3 is 0 Å². The monoisotopic (exact) mass is 277 g/mol. The Bertz CT molecular complexity index is 342. The summed E-state index contributed by atoms with van der Waals surface area (Å²) in [4.78, 5) is 11.5. The van der Waals surface area contributed by atoms with Crippen LogP contribution in [0, 0.1) is 0 Å². The highest BCUT2D eigenvalue weighted by Crippen LogP contribution is 2.30. The number of thioether (sulfide) groups is 2. The van der Waals surface area contributed by atoms with Gasteiger partial charge in [-0.05, 0) is 19.6 Å². The predicted octanol–water partition coefficient (Wildman–Crippen LogP) is 2.27. The fraction of sp³-hybridized carbons (Fsp3) is 0.667. The Hall–Kier alpha value is -0.270. The molecule has 16 heavy (non-hydrogen) atoms. The van der Waals surface area contributed by atoms with Crippen LogP contribution in [0.15, 0.2) is 8.68 Å². The largest absolute Gasteiger partial charge is 0.355 e. The van der Waals surface area contributed by atoms with Crippen molar-refractivity contribution in [1.82, 2.24) is 15.5 Å². The predicted molar refractivity (Wildman–Crippen MR) is 70.3 cm³/mol. The fourth-order valence-electron chi connectivity index (χ4n) is 0.949. The molecule has 0 aliphatic rings. The minimum atomic E-state index is -0.118. The molecule has 0 bridgehead atoms. The Morgan fingerprint density at radius 2 is 2.12 bits per heavy atom. The first-order chi connectivity index (χ1) is 7.67. The van der Waals surface area contributed by atoms with E-state index < -0.39 is 0 Å². The van der Waals surface area contributed by atoms with E-state index in [1.165, 1.54) is 11.8 Å². The van der Waals surface area contributed by atoms with Gasteiger partial charge in [0.05, 0.1) is 5.25 Å². The van der Waals surface area contributed by atoms with Crippen LogP contribution in [0.5, 0.6) is 0 Å². The van der Waals surface area contributed by atoms with Gasteiger partial charge in [-0.3, -0.25) is 4.79 Å². The van der Waals surface area contributed by atoms with E-state index in [9.17, 15) is 4.79 Å². The number of hydrogen-bond acceptors (Lipinski definition) is 6. The van der Waals surface area contributed by atoms with E-state index in [0.717, 1.165) is 14.4 Å². The average Bonchev–Trinajstić information content (AvgIpc) is 2.66. The summed E-state index contributed by atoms with van der Waals surface area (Å²) < 4.78 is 1.82. The van der Waals surface area contributed by atoms with Gasteiger partial charge in [-0.15, -0.1) is 10.2 Å². The van der Waals surface area contributed by atoms with Crippen LogP contribution in [0.25, 0.3) is 0 Å². The number of carbonyl (C=O) groups excluding carboxylic acids is 1. The van der Waals surface area contributed by atoms with E-state index in [-0.39, 0.29) is 11.2 Å². The second-order valence-electron chi connectivity index (χ2n) is 2.92. The third-order valence-corrected chi connectivity index (χ3v) is 4.78. The van der Waals surface area contributed by atoms with E-state index in [4.69, 9.17) is 0 Å². The molecule has 0 spiro atoms. The summed E-state index contributed by atoms with van der Waals surface area (Å²) >= 11 is 4.68. The molecule has 1 N–H and O–H groups in total. The van der Waals surface area contributed by atoms with Crippen molar-refractivity contribution in [3.05, 3.63) is 0 Å². The molecule has 0 unspecified atom stereocenters. The van der Waals surface area contributed by atoms with Crippen molar-refractivity contribution >= 4 is 40.8 Å². The van der Waals surface area contributed by atoms with Crippen molar-refractivity contribution in [2.45, 2.75) is 34.7 Å². The van der Waals surface area contributed by atoms with E-state index in [1.54, 1.807) is 23.1 Å².